The molecule has 0 spiro atoms. The predicted molar refractivity (Wildman–Crippen MR) is 185 cm³/mol. The largest absolute Gasteiger partial charge is 0.496 e. The van der Waals surface area contributed by atoms with Crippen LogP contribution in [0.5, 0.6) is 5.75 Å². The predicted octanol–water partition coefficient (Wildman–Crippen LogP) is 7.35. The van der Waals surface area contributed by atoms with Gasteiger partial charge in [-0.15, -0.1) is 11.3 Å². The molecule has 2 aromatic heterocycles. The van der Waals surface area contributed by atoms with E-state index in [-0.39, 0.29) is 41.2 Å². The summed E-state index contributed by atoms with van der Waals surface area (Å²) in [6, 6.07) is 11.0. The van der Waals surface area contributed by atoms with Crippen LogP contribution in [0.15, 0.2) is 42.7 Å². The van der Waals surface area contributed by atoms with Crippen LogP contribution in [0, 0.1) is 18.3 Å². The van der Waals surface area contributed by atoms with E-state index >= 15 is 0 Å². The molecule has 2 amide bonds. The molecule has 8 nitrogen and oxygen atoms in total. The number of amides is 2. The van der Waals surface area contributed by atoms with Crippen LogP contribution < -0.4 is 15.0 Å². The van der Waals surface area contributed by atoms with Crippen molar-refractivity contribution in [3.05, 3.63) is 58.9 Å². The molecule has 5 saturated carbocycles. The monoisotopic (exact) mass is 656 g/mol. The molecular weight excluding hydrogens is 609 g/mol. The van der Waals surface area contributed by atoms with Gasteiger partial charge in [0.1, 0.15) is 18.2 Å². The second-order valence-electron chi connectivity index (χ2n) is 14.7. The summed E-state index contributed by atoms with van der Waals surface area (Å²) in [5.41, 5.74) is 4.02. The number of benzene rings is 1. The molecule has 2 heterocycles. The first kappa shape index (κ1) is 32.3. The first-order valence-electron chi connectivity index (χ1n) is 17.5. The number of anilines is 1. The Morgan fingerprint density at radius 3 is 2.36 bits per heavy atom. The number of aryl methyl sites for hydroxylation is 1. The highest BCUT2D eigenvalue weighted by Crippen LogP contribution is 2.58. The van der Waals surface area contributed by atoms with E-state index in [0.29, 0.717) is 12.5 Å². The maximum Gasteiger partial charge on any atom is 0.246 e. The van der Waals surface area contributed by atoms with E-state index in [4.69, 9.17) is 19.4 Å². The first-order chi connectivity index (χ1) is 22.8. The summed E-state index contributed by atoms with van der Waals surface area (Å²) in [6.45, 7) is 2.91. The van der Waals surface area contributed by atoms with Crippen molar-refractivity contribution in [2.75, 3.05) is 32.3 Å². The Morgan fingerprint density at radius 2 is 1.70 bits per heavy atom. The molecule has 0 aliphatic heterocycles. The van der Waals surface area contributed by atoms with Crippen molar-refractivity contribution in [3.63, 3.8) is 0 Å². The zero-order valence-electron chi connectivity index (χ0n) is 28.1. The Labute approximate surface area is 282 Å². The number of carbonyl (C=O) groups excluding carboxylic acids is 2. The molecule has 2 bridgehead atoms. The van der Waals surface area contributed by atoms with E-state index in [2.05, 4.69) is 47.5 Å². The fourth-order valence-corrected chi connectivity index (χ4v) is 9.60. The number of aromatic nitrogens is 2. The smallest absolute Gasteiger partial charge is 0.246 e. The van der Waals surface area contributed by atoms with Gasteiger partial charge in [0.2, 0.25) is 11.8 Å². The zero-order chi connectivity index (χ0) is 32.6. The van der Waals surface area contributed by atoms with Crippen LogP contribution in [0.3, 0.4) is 0 Å². The van der Waals surface area contributed by atoms with Crippen LogP contribution in [0.1, 0.15) is 99.1 Å². The van der Waals surface area contributed by atoms with E-state index < -0.39 is 0 Å². The molecule has 0 unspecified atom stereocenters. The number of rotatable bonds is 11. The Balaban J connectivity index is 1.11. The molecule has 0 atom stereocenters. The van der Waals surface area contributed by atoms with Gasteiger partial charge in [0.25, 0.3) is 0 Å². The van der Waals surface area contributed by atoms with Crippen molar-refractivity contribution in [1.82, 2.24) is 15.3 Å². The fourth-order valence-electron chi connectivity index (χ4n) is 8.51. The molecule has 5 aliphatic carbocycles. The van der Waals surface area contributed by atoms with Crippen LogP contribution in [0.4, 0.5) is 5.82 Å². The zero-order valence-corrected chi connectivity index (χ0v) is 28.9. The highest BCUT2D eigenvalue weighted by atomic mass is 32.1. The molecule has 47 heavy (non-hydrogen) atoms. The number of carbonyl (C=O) groups is 2. The quantitative estimate of drug-likeness (QED) is 0.232. The van der Waals surface area contributed by atoms with E-state index in [1.807, 2.05) is 12.4 Å². The molecular formula is C38H48N4O4S. The Morgan fingerprint density at radius 1 is 0.957 bits per heavy atom. The summed E-state index contributed by atoms with van der Waals surface area (Å²) in [4.78, 5) is 39.5. The minimum absolute atomic E-state index is 0.0675. The summed E-state index contributed by atoms with van der Waals surface area (Å²) >= 11 is 1.77. The molecule has 8 rings (SSSR count). The minimum atomic E-state index is -0.0904. The standard InChI is InChI=1S/C38H48N4O4S/c1-25-20-29(8-11-31(25)46-3)38-16-13-37(14-17-38,15-18-38)24-42(36(44)27-6-9-30(10-7-27)41-34(43)23-45-2)33-21-28(12-19-39-33)32-22-40-35(47-32)26-4-5-26/h8,11-12,19-22,26-27,30H,4-7,9-10,13-18,23-24H2,1-3H3,(H,41,43). The van der Waals surface area contributed by atoms with Gasteiger partial charge >= 0.3 is 0 Å². The van der Waals surface area contributed by atoms with Crippen LogP contribution in [-0.4, -0.2) is 55.2 Å². The second kappa shape index (κ2) is 13.3. The van der Waals surface area contributed by atoms with Crippen molar-refractivity contribution in [2.24, 2.45) is 11.3 Å². The summed E-state index contributed by atoms with van der Waals surface area (Å²) in [5.74, 6) is 2.34. The summed E-state index contributed by atoms with van der Waals surface area (Å²) < 4.78 is 10.5. The maximum atomic E-state index is 14.6. The Bertz CT molecular complexity index is 1580. The van der Waals surface area contributed by atoms with Gasteiger partial charge in [-0.05, 0) is 130 Å². The highest BCUT2D eigenvalue weighted by Gasteiger charge is 2.51. The third-order valence-electron chi connectivity index (χ3n) is 11.6. The number of hydrogen-bond acceptors (Lipinski definition) is 7. The lowest BCUT2D eigenvalue weighted by Crippen LogP contribution is -2.52. The van der Waals surface area contributed by atoms with Crippen molar-refractivity contribution in [2.45, 2.75) is 101 Å². The van der Waals surface area contributed by atoms with Crippen LogP contribution in [0.25, 0.3) is 10.4 Å². The molecule has 5 fully saturated rings. The number of thiazole rings is 1. The number of ether oxygens (including phenoxy) is 2. The number of nitrogens with zero attached hydrogens (tertiary/aromatic N) is 3. The average Bonchev–Trinajstić information content (AvgIpc) is 3.84. The van der Waals surface area contributed by atoms with Crippen molar-refractivity contribution >= 4 is 29.0 Å². The number of pyridine rings is 1. The molecule has 9 heteroatoms. The van der Waals surface area contributed by atoms with Gasteiger partial charge in [-0.3, -0.25) is 14.5 Å². The van der Waals surface area contributed by atoms with Gasteiger partial charge in [-0.1, -0.05) is 12.1 Å². The summed E-state index contributed by atoms with van der Waals surface area (Å²) in [5, 5.41) is 4.30. The maximum absolute atomic E-state index is 14.6. The third-order valence-corrected chi connectivity index (χ3v) is 12.9. The number of hydrogen-bond donors (Lipinski definition) is 1. The Kier molecular flexibility index (Phi) is 9.13. The van der Waals surface area contributed by atoms with Crippen LogP contribution >= 0.6 is 11.3 Å². The lowest BCUT2D eigenvalue weighted by atomic mass is 9.51. The van der Waals surface area contributed by atoms with Gasteiger partial charge in [0.15, 0.2) is 0 Å². The average molecular weight is 657 g/mol. The summed E-state index contributed by atoms with van der Waals surface area (Å²) in [7, 11) is 3.27. The van der Waals surface area contributed by atoms with Gasteiger partial charge < -0.3 is 14.8 Å². The second-order valence-corrected chi connectivity index (χ2v) is 15.7. The lowest BCUT2D eigenvalue weighted by molar-refractivity contribution is -0.126. The van der Waals surface area contributed by atoms with Crippen molar-refractivity contribution in [1.29, 1.82) is 0 Å². The third kappa shape index (κ3) is 6.71. The van der Waals surface area contributed by atoms with E-state index in [9.17, 15) is 9.59 Å². The van der Waals surface area contributed by atoms with Crippen molar-refractivity contribution in [3.8, 4) is 16.2 Å². The first-order valence-corrected chi connectivity index (χ1v) is 18.3. The fraction of sp³-hybridized carbons (Fsp3) is 0.579. The van der Waals surface area contributed by atoms with Gasteiger partial charge in [-0.25, -0.2) is 9.97 Å². The number of methoxy groups -OCH3 is 2. The molecule has 0 saturated heterocycles. The SMILES string of the molecule is COCC(=O)NC1CCC(C(=O)N(CC23CCC(c4ccc(OC)c(C)c4)(CC2)CC3)c2cc(-c3cnc(C4CC4)s3)ccn2)CC1. The topological polar surface area (TPSA) is 93.7 Å². The number of fused-ring (bicyclic) bond motifs is 3. The molecule has 1 N–H and O–H groups in total. The number of nitrogens with one attached hydrogen (secondary N) is 1. The minimum Gasteiger partial charge on any atom is -0.496 e. The summed E-state index contributed by atoms with van der Waals surface area (Å²) in [6.07, 6.45) is 16.2. The van der Waals surface area contributed by atoms with E-state index in [1.54, 1.807) is 18.4 Å². The Hall–Kier alpha value is -3.30. The molecule has 1 aromatic carbocycles. The van der Waals surface area contributed by atoms with Crippen LogP contribution in [-0.2, 0) is 19.7 Å². The molecule has 250 valence electrons. The van der Waals surface area contributed by atoms with Gasteiger partial charge in [-0.2, -0.15) is 0 Å². The molecule has 0 radical (unpaired) electrons. The highest BCUT2D eigenvalue weighted by molar-refractivity contribution is 7.15. The van der Waals surface area contributed by atoms with Crippen molar-refractivity contribution < 1.29 is 19.1 Å². The van der Waals surface area contributed by atoms with E-state index in [0.717, 1.165) is 86.2 Å². The molecule has 5 aliphatic rings. The van der Waals surface area contributed by atoms with Gasteiger partial charge in [0, 0.05) is 43.9 Å². The molecule has 3 aromatic rings. The normalized spacial score (nSPS) is 27.0. The van der Waals surface area contributed by atoms with E-state index in [1.165, 1.54) is 36.1 Å². The lowest BCUT2D eigenvalue weighted by Gasteiger charge is -2.55. The van der Waals surface area contributed by atoms with Crippen LogP contribution in [0.2, 0.25) is 0 Å². The van der Waals surface area contributed by atoms with Gasteiger partial charge in [0.05, 0.1) is 17.0 Å².